The van der Waals surface area contributed by atoms with E-state index >= 15 is 0 Å². The predicted molar refractivity (Wildman–Crippen MR) is 82.1 cm³/mol. The van der Waals surface area contributed by atoms with E-state index in [1.165, 1.54) is 0 Å². The number of carbonyl (C=O) groups is 1. The molecule has 2 heterocycles. The van der Waals surface area contributed by atoms with Gasteiger partial charge in [0.15, 0.2) is 5.69 Å². The quantitative estimate of drug-likeness (QED) is 0.828. The molecular weight excluding hydrogens is 266 g/mol. The van der Waals surface area contributed by atoms with Crippen molar-refractivity contribution in [3.63, 3.8) is 0 Å². The molecule has 6 nitrogen and oxygen atoms in total. The molecule has 1 aromatic heterocycles. The van der Waals surface area contributed by atoms with Gasteiger partial charge in [-0.2, -0.15) is 0 Å². The highest BCUT2D eigenvalue weighted by Gasteiger charge is 2.28. The maximum atomic E-state index is 12.7. The SMILES string of the molecule is CCCN(C(=O)c1cn(CCC(C)C)nn1)C1CCNC1. The monoisotopic (exact) mass is 293 g/mol. The lowest BCUT2D eigenvalue weighted by Gasteiger charge is -2.27. The highest BCUT2D eigenvalue weighted by Crippen LogP contribution is 2.13. The van der Waals surface area contributed by atoms with E-state index < -0.39 is 0 Å². The Morgan fingerprint density at radius 3 is 3.00 bits per heavy atom. The van der Waals surface area contributed by atoms with Crippen molar-refractivity contribution < 1.29 is 4.79 Å². The Labute approximate surface area is 126 Å². The van der Waals surface area contributed by atoms with Gasteiger partial charge in [-0.05, 0) is 31.7 Å². The summed E-state index contributed by atoms with van der Waals surface area (Å²) in [6.45, 7) is 9.92. The van der Waals surface area contributed by atoms with Gasteiger partial charge < -0.3 is 10.2 Å². The molecule has 0 aliphatic carbocycles. The van der Waals surface area contributed by atoms with Gasteiger partial charge in [-0.25, -0.2) is 0 Å². The zero-order valence-corrected chi connectivity index (χ0v) is 13.4. The molecule has 0 bridgehead atoms. The molecule has 0 aromatic carbocycles. The standard InChI is InChI=1S/C15H27N5O/c1-4-8-20(13-5-7-16-10-13)15(21)14-11-19(18-17-14)9-6-12(2)3/h11-13,16H,4-10H2,1-3H3. The van der Waals surface area contributed by atoms with E-state index in [-0.39, 0.29) is 5.91 Å². The largest absolute Gasteiger partial charge is 0.333 e. The van der Waals surface area contributed by atoms with Crippen LogP contribution in [0.15, 0.2) is 6.20 Å². The number of aromatic nitrogens is 3. The zero-order valence-electron chi connectivity index (χ0n) is 13.4. The van der Waals surface area contributed by atoms with E-state index in [9.17, 15) is 4.79 Å². The first-order valence-corrected chi connectivity index (χ1v) is 8.03. The molecule has 1 amide bonds. The second-order valence-electron chi connectivity index (χ2n) is 6.19. The lowest BCUT2D eigenvalue weighted by molar-refractivity contribution is 0.0686. The topological polar surface area (TPSA) is 63.1 Å². The maximum Gasteiger partial charge on any atom is 0.276 e. The van der Waals surface area contributed by atoms with Gasteiger partial charge in [0, 0.05) is 25.7 Å². The summed E-state index contributed by atoms with van der Waals surface area (Å²) in [5, 5.41) is 11.5. The number of carbonyl (C=O) groups excluding carboxylic acids is 1. The molecule has 1 N–H and O–H groups in total. The van der Waals surface area contributed by atoms with Crippen molar-refractivity contribution in [2.45, 2.75) is 52.6 Å². The van der Waals surface area contributed by atoms with Crippen LogP contribution in [0.3, 0.4) is 0 Å². The molecule has 1 aliphatic heterocycles. The van der Waals surface area contributed by atoms with Gasteiger partial charge in [-0.1, -0.05) is 26.0 Å². The van der Waals surface area contributed by atoms with Crippen LogP contribution in [0.5, 0.6) is 0 Å². The summed E-state index contributed by atoms with van der Waals surface area (Å²) in [4.78, 5) is 14.6. The molecule has 1 saturated heterocycles. The van der Waals surface area contributed by atoms with Crippen LogP contribution in [0, 0.1) is 5.92 Å². The van der Waals surface area contributed by atoms with Gasteiger partial charge in [0.25, 0.3) is 5.91 Å². The smallest absolute Gasteiger partial charge is 0.276 e. The lowest BCUT2D eigenvalue weighted by Crippen LogP contribution is -2.42. The minimum Gasteiger partial charge on any atom is -0.333 e. The van der Waals surface area contributed by atoms with Crippen molar-refractivity contribution >= 4 is 5.91 Å². The maximum absolute atomic E-state index is 12.7. The Hall–Kier alpha value is -1.43. The Balaban J connectivity index is 2.02. The molecule has 1 aromatic rings. The number of aryl methyl sites for hydroxylation is 1. The van der Waals surface area contributed by atoms with Gasteiger partial charge in [0.1, 0.15) is 0 Å². The molecule has 1 fully saturated rings. The van der Waals surface area contributed by atoms with Gasteiger partial charge in [-0.15, -0.1) is 5.10 Å². The van der Waals surface area contributed by atoms with Crippen molar-refractivity contribution in [3.8, 4) is 0 Å². The van der Waals surface area contributed by atoms with Gasteiger partial charge >= 0.3 is 0 Å². The molecule has 0 spiro atoms. The van der Waals surface area contributed by atoms with Crippen molar-refractivity contribution in [1.82, 2.24) is 25.2 Å². The summed E-state index contributed by atoms with van der Waals surface area (Å²) in [7, 11) is 0. The number of nitrogens with zero attached hydrogens (tertiary/aromatic N) is 4. The Kier molecular flexibility index (Phi) is 5.73. The summed E-state index contributed by atoms with van der Waals surface area (Å²) in [6.07, 6.45) is 4.81. The fourth-order valence-corrected chi connectivity index (χ4v) is 2.64. The van der Waals surface area contributed by atoms with E-state index in [2.05, 4.69) is 36.4 Å². The van der Waals surface area contributed by atoms with E-state index in [1.54, 1.807) is 10.9 Å². The zero-order chi connectivity index (χ0) is 15.2. The number of hydrogen-bond donors (Lipinski definition) is 1. The first kappa shape index (κ1) is 15.9. The van der Waals surface area contributed by atoms with Gasteiger partial charge in [-0.3, -0.25) is 9.48 Å². The summed E-state index contributed by atoms with van der Waals surface area (Å²) >= 11 is 0. The average Bonchev–Trinajstić information content (AvgIpc) is 3.12. The van der Waals surface area contributed by atoms with Gasteiger partial charge in [0.05, 0.1) is 6.20 Å². The molecule has 1 aliphatic rings. The van der Waals surface area contributed by atoms with E-state index in [1.807, 2.05) is 4.90 Å². The van der Waals surface area contributed by atoms with E-state index in [4.69, 9.17) is 0 Å². The first-order valence-electron chi connectivity index (χ1n) is 8.03. The molecule has 118 valence electrons. The molecule has 6 heteroatoms. The Bertz CT molecular complexity index is 451. The second-order valence-corrected chi connectivity index (χ2v) is 6.19. The molecule has 1 atom stereocenters. The highest BCUT2D eigenvalue weighted by molar-refractivity contribution is 5.92. The normalized spacial score (nSPS) is 18.4. The summed E-state index contributed by atoms with van der Waals surface area (Å²) in [5.74, 6) is 0.635. The Morgan fingerprint density at radius 1 is 1.57 bits per heavy atom. The minimum absolute atomic E-state index is 0.0151. The number of hydrogen-bond acceptors (Lipinski definition) is 4. The van der Waals surface area contributed by atoms with Crippen LogP contribution in [0.1, 0.15) is 50.5 Å². The third-order valence-corrected chi connectivity index (χ3v) is 3.89. The fourth-order valence-electron chi connectivity index (χ4n) is 2.64. The van der Waals surface area contributed by atoms with E-state index in [0.717, 1.165) is 45.4 Å². The first-order chi connectivity index (χ1) is 10.1. The van der Waals surface area contributed by atoms with Crippen LogP contribution in [0.25, 0.3) is 0 Å². The molecule has 1 unspecified atom stereocenters. The van der Waals surface area contributed by atoms with Crippen LogP contribution in [-0.4, -0.2) is 51.5 Å². The number of rotatable bonds is 7. The van der Waals surface area contributed by atoms with Crippen molar-refractivity contribution in [2.75, 3.05) is 19.6 Å². The Morgan fingerprint density at radius 2 is 2.38 bits per heavy atom. The van der Waals surface area contributed by atoms with Crippen LogP contribution in [0.4, 0.5) is 0 Å². The summed E-state index contributed by atoms with van der Waals surface area (Å²) < 4.78 is 1.78. The molecule has 2 rings (SSSR count). The van der Waals surface area contributed by atoms with Crippen molar-refractivity contribution in [3.05, 3.63) is 11.9 Å². The highest BCUT2D eigenvalue weighted by atomic mass is 16.2. The third kappa shape index (κ3) is 4.27. The predicted octanol–water partition coefficient (Wildman–Crippen LogP) is 1.54. The van der Waals surface area contributed by atoms with Crippen LogP contribution in [-0.2, 0) is 6.54 Å². The fraction of sp³-hybridized carbons (Fsp3) is 0.800. The van der Waals surface area contributed by atoms with Crippen LogP contribution < -0.4 is 5.32 Å². The van der Waals surface area contributed by atoms with Crippen LogP contribution >= 0.6 is 0 Å². The minimum atomic E-state index is 0.0151. The lowest BCUT2D eigenvalue weighted by atomic mass is 10.1. The molecule has 0 saturated carbocycles. The summed E-state index contributed by atoms with van der Waals surface area (Å²) in [6, 6.07) is 0.290. The number of amides is 1. The second kappa shape index (κ2) is 7.54. The van der Waals surface area contributed by atoms with Crippen molar-refractivity contribution in [2.24, 2.45) is 5.92 Å². The molecular formula is C15H27N5O. The van der Waals surface area contributed by atoms with Crippen LogP contribution in [0.2, 0.25) is 0 Å². The summed E-state index contributed by atoms with van der Waals surface area (Å²) in [5.41, 5.74) is 0.471. The molecule has 0 radical (unpaired) electrons. The van der Waals surface area contributed by atoms with Crippen molar-refractivity contribution in [1.29, 1.82) is 0 Å². The van der Waals surface area contributed by atoms with E-state index in [0.29, 0.717) is 17.7 Å². The van der Waals surface area contributed by atoms with Gasteiger partial charge in [0.2, 0.25) is 0 Å². The molecule has 21 heavy (non-hydrogen) atoms. The third-order valence-electron chi connectivity index (χ3n) is 3.89. The average molecular weight is 293 g/mol. The number of nitrogens with one attached hydrogen (secondary N) is 1.